The van der Waals surface area contributed by atoms with Gasteiger partial charge in [0.05, 0.1) is 12.6 Å². The molecule has 194 valence electrons. The molecule has 0 aliphatic carbocycles. The van der Waals surface area contributed by atoms with E-state index in [1.54, 1.807) is 6.92 Å². The number of aliphatic hydroxyl groups excluding tert-OH is 1. The van der Waals surface area contributed by atoms with Crippen molar-refractivity contribution >= 4 is 29.6 Å². The predicted molar refractivity (Wildman–Crippen MR) is 127 cm³/mol. The van der Waals surface area contributed by atoms with Crippen molar-refractivity contribution in [1.29, 1.82) is 0 Å². The lowest BCUT2D eigenvalue weighted by Crippen LogP contribution is -2.59. The summed E-state index contributed by atoms with van der Waals surface area (Å²) in [5.74, 6) is -4.75. The number of nitrogens with one attached hydrogen (secondary N) is 3. The van der Waals surface area contributed by atoms with Crippen molar-refractivity contribution in [2.45, 2.75) is 63.7 Å². The van der Waals surface area contributed by atoms with Crippen LogP contribution in [0.2, 0.25) is 0 Å². The topological polar surface area (TPSA) is 214 Å². The number of hydrogen-bond acceptors (Lipinski definition) is 7. The maximum absolute atomic E-state index is 12.9. The predicted octanol–water partition coefficient (Wildman–Crippen LogP) is -1.60. The molecule has 0 saturated carbocycles. The monoisotopic (exact) mass is 493 g/mol. The maximum Gasteiger partial charge on any atom is 0.326 e. The quantitative estimate of drug-likeness (QED) is 0.151. The van der Waals surface area contributed by atoms with Gasteiger partial charge in [-0.1, -0.05) is 50.6 Å². The molecule has 0 bridgehead atoms. The summed E-state index contributed by atoms with van der Waals surface area (Å²) in [5, 5.41) is 26.0. The van der Waals surface area contributed by atoms with Gasteiger partial charge < -0.3 is 37.6 Å². The summed E-state index contributed by atoms with van der Waals surface area (Å²) in [5.41, 5.74) is 11.9. The zero-order valence-electron chi connectivity index (χ0n) is 19.9. The number of primary amides is 1. The lowest BCUT2D eigenvalue weighted by Gasteiger charge is -2.27. The van der Waals surface area contributed by atoms with Crippen LogP contribution in [0.1, 0.15) is 38.7 Å². The molecule has 1 rings (SSSR count). The summed E-state index contributed by atoms with van der Waals surface area (Å²) in [7, 11) is 0. The molecule has 5 unspecified atom stereocenters. The second kappa shape index (κ2) is 14.7. The number of carboxylic acid groups (broad SMARTS) is 1. The highest BCUT2D eigenvalue weighted by Gasteiger charge is 2.32. The van der Waals surface area contributed by atoms with Crippen LogP contribution >= 0.6 is 0 Å². The van der Waals surface area contributed by atoms with Crippen LogP contribution in [-0.4, -0.2) is 70.6 Å². The molecule has 0 aromatic heterocycles. The SMILES string of the molecule is CCC(C)C(NC(=O)C(N)Cc1ccccc1)C(=O)NC(CO)C(=O)NC(CCC(N)=O)C(=O)O. The number of carbonyl (C=O) groups excluding carboxylic acids is 4. The van der Waals surface area contributed by atoms with Gasteiger partial charge in [0.1, 0.15) is 18.1 Å². The van der Waals surface area contributed by atoms with Crippen molar-refractivity contribution in [2.75, 3.05) is 6.61 Å². The molecule has 9 N–H and O–H groups in total. The minimum atomic E-state index is -1.49. The molecule has 1 aromatic carbocycles. The van der Waals surface area contributed by atoms with Gasteiger partial charge in [-0.25, -0.2) is 4.79 Å². The average Bonchev–Trinajstić information content (AvgIpc) is 2.82. The average molecular weight is 494 g/mol. The smallest absolute Gasteiger partial charge is 0.326 e. The zero-order valence-corrected chi connectivity index (χ0v) is 19.9. The first-order valence-corrected chi connectivity index (χ1v) is 11.3. The number of aliphatic hydroxyl groups is 1. The Morgan fingerprint density at radius 3 is 2.06 bits per heavy atom. The minimum Gasteiger partial charge on any atom is -0.480 e. The van der Waals surface area contributed by atoms with E-state index in [9.17, 15) is 34.2 Å². The van der Waals surface area contributed by atoms with Gasteiger partial charge in [0.25, 0.3) is 0 Å². The summed E-state index contributed by atoms with van der Waals surface area (Å²) in [4.78, 5) is 60.4. The summed E-state index contributed by atoms with van der Waals surface area (Å²) < 4.78 is 0. The first kappa shape index (κ1) is 29.5. The van der Waals surface area contributed by atoms with E-state index in [1.807, 2.05) is 37.3 Å². The number of nitrogens with two attached hydrogens (primary N) is 2. The molecular formula is C23H35N5O7. The summed E-state index contributed by atoms with van der Waals surface area (Å²) >= 11 is 0. The number of carbonyl (C=O) groups is 5. The molecule has 0 heterocycles. The second-order valence-electron chi connectivity index (χ2n) is 8.32. The molecule has 0 fully saturated rings. The molecule has 0 spiro atoms. The van der Waals surface area contributed by atoms with Gasteiger partial charge in [0.2, 0.25) is 23.6 Å². The Balaban J connectivity index is 2.85. The third-order valence-corrected chi connectivity index (χ3v) is 5.54. The van der Waals surface area contributed by atoms with E-state index in [-0.39, 0.29) is 25.2 Å². The Hall–Kier alpha value is -3.51. The van der Waals surface area contributed by atoms with Crippen LogP contribution in [0.5, 0.6) is 0 Å². The van der Waals surface area contributed by atoms with Crippen LogP contribution in [0.25, 0.3) is 0 Å². The van der Waals surface area contributed by atoms with Gasteiger partial charge in [-0.3, -0.25) is 19.2 Å². The maximum atomic E-state index is 12.9. The molecule has 5 atom stereocenters. The lowest BCUT2D eigenvalue weighted by atomic mass is 9.97. The minimum absolute atomic E-state index is 0.255. The fourth-order valence-corrected chi connectivity index (χ4v) is 3.19. The Morgan fingerprint density at radius 2 is 1.54 bits per heavy atom. The van der Waals surface area contributed by atoms with E-state index < -0.39 is 60.4 Å². The number of hydrogen-bond donors (Lipinski definition) is 7. The van der Waals surface area contributed by atoms with Crippen LogP contribution in [0, 0.1) is 5.92 Å². The molecule has 12 nitrogen and oxygen atoms in total. The largest absolute Gasteiger partial charge is 0.480 e. The number of benzene rings is 1. The van der Waals surface area contributed by atoms with E-state index in [0.717, 1.165) is 5.56 Å². The van der Waals surface area contributed by atoms with E-state index >= 15 is 0 Å². The van der Waals surface area contributed by atoms with Crippen molar-refractivity contribution in [3.8, 4) is 0 Å². The Morgan fingerprint density at radius 1 is 0.943 bits per heavy atom. The number of rotatable bonds is 15. The van der Waals surface area contributed by atoms with Crippen molar-refractivity contribution < 1.29 is 34.2 Å². The highest BCUT2D eigenvalue weighted by atomic mass is 16.4. The zero-order chi connectivity index (χ0) is 26.5. The number of aliphatic carboxylic acids is 1. The van der Waals surface area contributed by atoms with E-state index in [0.29, 0.717) is 6.42 Å². The molecule has 12 heteroatoms. The van der Waals surface area contributed by atoms with Crippen LogP contribution in [0.3, 0.4) is 0 Å². The highest BCUT2D eigenvalue weighted by Crippen LogP contribution is 2.10. The first-order valence-electron chi connectivity index (χ1n) is 11.3. The fourth-order valence-electron chi connectivity index (χ4n) is 3.19. The Kier molecular flexibility index (Phi) is 12.4. The lowest BCUT2D eigenvalue weighted by molar-refractivity contribution is -0.143. The van der Waals surface area contributed by atoms with E-state index in [4.69, 9.17) is 11.5 Å². The summed E-state index contributed by atoms with van der Waals surface area (Å²) in [6.07, 6.45) is 0.230. The third-order valence-electron chi connectivity index (χ3n) is 5.54. The van der Waals surface area contributed by atoms with Crippen LogP contribution < -0.4 is 27.4 Å². The molecule has 0 aliphatic heterocycles. The molecule has 0 aliphatic rings. The normalized spacial score (nSPS) is 15.1. The van der Waals surface area contributed by atoms with E-state index in [2.05, 4.69) is 16.0 Å². The first-order chi connectivity index (χ1) is 16.5. The molecule has 0 radical (unpaired) electrons. The third kappa shape index (κ3) is 10.1. The van der Waals surface area contributed by atoms with Gasteiger partial charge in [0, 0.05) is 6.42 Å². The van der Waals surface area contributed by atoms with Gasteiger partial charge in [-0.15, -0.1) is 0 Å². The summed E-state index contributed by atoms with van der Waals surface area (Å²) in [6.45, 7) is 2.72. The fraction of sp³-hybridized carbons (Fsp3) is 0.522. The molecule has 4 amide bonds. The van der Waals surface area contributed by atoms with Crippen molar-refractivity contribution in [1.82, 2.24) is 16.0 Å². The van der Waals surface area contributed by atoms with Crippen molar-refractivity contribution in [2.24, 2.45) is 17.4 Å². The van der Waals surface area contributed by atoms with Gasteiger partial charge in [0.15, 0.2) is 0 Å². The van der Waals surface area contributed by atoms with Crippen molar-refractivity contribution in [3.63, 3.8) is 0 Å². The highest BCUT2D eigenvalue weighted by molar-refractivity contribution is 5.94. The van der Waals surface area contributed by atoms with Crippen LogP contribution in [-0.2, 0) is 30.4 Å². The Bertz CT molecular complexity index is 880. The summed E-state index contributed by atoms with van der Waals surface area (Å²) in [6, 6.07) is 4.21. The Labute approximate surface area is 203 Å². The van der Waals surface area contributed by atoms with Gasteiger partial charge >= 0.3 is 5.97 Å². The number of amides is 4. The molecular weight excluding hydrogens is 458 g/mol. The molecule has 35 heavy (non-hydrogen) atoms. The van der Waals surface area contributed by atoms with Gasteiger partial charge in [-0.05, 0) is 24.3 Å². The van der Waals surface area contributed by atoms with Crippen LogP contribution in [0.15, 0.2) is 30.3 Å². The molecule has 0 saturated heterocycles. The standard InChI is InChI=1S/C23H35N5O7/c1-3-13(2)19(28-20(31)15(24)11-14-7-5-4-6-8-14)22(33)27-17(12-29)21(32)26-16(23(34)35)9-10-18(25)30/h4-8,13,15-17,19,29H,3,9-12,24H2,1-2H3,(H2,25,30)(H,26,32)(H,27,33)(H,28,31)(H,34,35). The second-order valence-corrected chi connectivity index (χ2v) is 8.32. The number of carboxylic acids is 1. The van der Waals surface area contributed by atoms with Crippen molar-refractivity contribution in [3.05, 3.63) is 35.9 Å². The van der Waals surface area contributed by atoms with E-state index in [1.165, 1.54) is 0 Å². The van der Waals surface area contributed by atoms with Crippen LogP contribution in [0.4, 0.5) is 0 Å². The molecule has 1 aromatic rings. The van der Waals surface area contributed by atoms with Gasteiger partial charge in [-0.2, -0.15) is 0 Å².